The molecule has 0 atom stereocenters. The summed E-state index contributed by atoms with van der Waals surface area (Å²) in [5.41, 5.74) is 1.03. The molecule has 0 aliphatic rings. The van der Waals surface area contributed by atoms with Gasteiger partial charge < -0.3 is 9.84 Å². The van der Waals surface area contributed by atoms with E-state index in [0.29, 0.717) is 6.61 Å². The molecule has 1 aromatic heterocycles. The lowest BCUT2D eigenvalue weighted by molar-refractivity contribution is -0.135. The molecule has 0 aliphatic heterocycles. The second-order valence-corrected chi connectivity index (χ2v) is 3.78. The molecule has 14 heavy (non-hydrogen) atoms. The Morgan fingerprint density at radius 1 is 1.71 bits per heavy atom. The van der Waals surface area contributed by atoms with Gasteiger partial charge in [0.1, 0.15) is 0 Å². The first-order chi connectivity index (χ1) is 6.72. The summed E-state index contributed by atoms with van der Waals surface area (Å²) in [6, 6.07) is 1.99. The first-order valence-electron chi connectivity index (χ1n) is 4.17. The Morgan fingerprint density at radius 2 is 2.50 bits per heavy atom. The van der Waals surface area contributed by atoms with Crippen molar-refractivity contribution >= 4 is 23.4 Å². The van der Waals surface area contributed by atoms with Gasteiger partial charge in [-0.3, -0.25) is 4.79 Å². The summed E-state index contributed by atoms with van der Waals surface area (Å²) in [6.45, 7) is 0.609. The van der Waals surface area contributed by atoms with Gasteiger partial charge >= 0.3 is 5.97 Å². The van der Waals surface area contributed by atoms with Crippen LogP contribution in [0.5, 0.6) is 0 Å². The van der Waals surface area contributed by atoms with Crippen LogP contribution < -0.4 is 0 Å². The van der Waals surface area contributed by atoms with Gasteiger partial charge in [0.15, 0.2) is 0 Å². The standard InChI is InChI=1S/C10H12O3S/c1-13-6-9-5-8(7-14-9)3-2-4-10(11)12/h2-3,5,7H,4,6H2,1H3,(H,11,12). The predicted molar refractivity (Wildman–Crippen MR) is 56.3 cm³/mol. The van der Waals surface area contributed by atoms with E-state index in [2.05, 4.69) is 0 Å². The first-order valence-corrected chi connectivity index (χ1v) is 5.05. The molecule has 0 fully saturated rings. The molecule has 1 aromatic rings. The molecule has 0 saturated carbocycles. The molecule has 0 unspecified atom stereocenters. The third kappa shape index (κ3) is 3.72. The molecule has 0 radical (unpaired) electrons. The number of hydrogen-bond acceptors (Lipinski definition) is 3. The second-order valence-electron chi connectivity index (χ2n) is 2.78. The zero-order valence-corrected chi connectivity index (χ0v) is 8.71. The van der Waals surface area contributed by atoms with E-state index in [-0.39, 0.29) is 6.42 Å². The van der Waals surface area contributed by atoms with Gasteiger partial charge in [-0.25, -0.2) is 0 Å². The molecule has 0 aromatic carbocycles. The fourth-order valence-electron chi connectivity index (χ4n) is 0.999. The van der Waals surface area contributed by atoms with Crippen molar-refractivity contribution in [2.24, 2.45) is 0 Å². The summed E-state index contributed by atoms with van der Waals surface area (Å²) < 4.78 is 4.98. The molecule has 1 N–H and O–H groups in total. The summed E-state index contributed by atoms with van der Waals surface area (Å²) in [4.78, 5) is 11.4. The van der Waals surface area contributed by atoms with E-state index in [9.17, 15) is 4.79 Å². The minimum atomic E-state index is -0.811. The maximum Gasteiger partial charge on any atom is 0.307 e. The Morgan fingerprint density at radius 3 is 3.14 bits per heavy atom. The second kappa shape index (κ2) is 5.57. The highest BCUT2D eigenvalue weighted by Crippen LogP contribution is 2.16. The fraction of sp³-hybridized carbons (Fsp3) is 0.300. The van der Waals surface area contributed by atoms with E-state index in [0.717, 1.165) is 10.4 Å². The van der Waals surface area contributed by atoms with E-state index in [1.54, 1.807) is 24.5 Å². The maximum atomic E-state index is 10.2. The quantitative estimate of drug-likeness (QED) is 0.815. The molecule has 1 rings (SSSR count). The van der Waals surface area contributed by atoms with E-state index in [1.807, 2.05) is 17.5 Å². The van der Waals surface area contributed by atoms with E-state index in [1.165, 1.54) is 0 Å². The number of carboxylic acid groups (broad SMARTS) is 1. The smallest absolute Gasteiger partial charge is 0.307 e. The fourth-order valence-corrected chi connectivity index (χ4v) is 1.82. The minimum Gasteiger partial charge on any atom is -0.481 e. The summed E-state index contributed by atoms with van der Waals surface area (Å²) in [5, 5.41) is 10.4. The van der Waals surface area contributed by atoms with Gasteiger partial charge in [0, 0.05) is 12.0 Å². The van der Waals surface area contributed by atoms with Crippen molar-refractivity contribution in [3.8, 4) is 0 Å². The zero-order valence-electron chi connectivity index (χ0n) is 7.90. The molecular formula is C10H12O3S. The minimum absolute atomic E-state index is 0.0649. The highest BCUT2D eigenvalue weighted by atomic mass is 32.1. The van der Waals surface area contributed by atoms with Crippen LogP contribution in [-0.4, -0.2) is 18.2 Å². The Labute approximate surface area is 86.6 Å². The number of hydrogen-bond donors (Lipinski definition) is 1. The molecule has 0 bridgehead atoms. The average Bonchev–Trinajstić information content (AvgIpc) is 2.53. The van der Waals surface area contributed by atoms with Crippen LogP contribution in [0.15, 0.2) is 17.5 Å². The van der Waals surface area contributed by atoms with Crippen LogP contribution in [0, 0.1) is 0 Å². The lowest BCUT2D eigenvalue weighted by atomic mass is 10.2. The number of methoxy groups -OCH3 is 1. The molecule has 4 heteroatoms. The third-order valence-corrected chi connectivity index (χ3v) is 2.49. The Hall–Kier alpha value is -1.13. The van der Waals surface area contributed by atoms with Gasteiger partial charge in [0.2, 0.25) is 0 Å². The zero-order chi connectivity index (χ0) is 10.4. The van der Waals surface area contributed by atoms with Crippen LogP contribution >= 0.6 is 11.3 Å². The van der Waals surface area contributed by atoms with Crippen molar-refractivity contribution in [2.75, 3.05) is 7.11 Å². The van der Waals surface area contributed by atoms with Gasteiger partial charge in [0.25, 0.3) is 0 Å². The summed E-state index contributed by atoms with van der Waals surface area (Å²) in [5.74, 6) is -0.811. The van der Waals surface area contributed by atoms with Crippen molar-refractivity contribution in [3.05, 3.63) is 28.0 Å². The SMILES string of the molecule is COCc1cc(C=CCC(=O)O)cs1. The van der Waals surface area contributed by atoms with Crippen LogP contribution in [0.3, 0.4) is 0 Å². The number of ether oxygens (including phenoxy) is 1. The third-order valence-electron chi connectivity index (χ3n) is 1.56. The van der Waals surface area contributed by atoms with Crippen LogP contribution in [-0.2, 0) is 16.1 Å². The average molecular weight is 212 g/mol. The van der Waals surface area contributed by atoms with Crippen molar-refractivity contribution < 1.29 is 14.6 Å². The molecule has 0 spiro atoms. The summed E-state index contributed by atoms with van der Waals surface area (Å²) in [6.07, 6.45) is 3.51. The van der Waals surface area contributed by atoms with Gasteiger partial charge in [-0.15, -0.1) is 11.3 Å². The van der Waals surface area contributed by atoms with Gasteiger partial charge in [-0.05, 0) is 17.0 Å². The monoisotopic (exact) mass is 212 g/mol. The highest BCUT2D eigenvalue weighted by molar-refractivity contribution is 7.10. The van der Waals surface area contributed by atoms with Gasteiger partial charge in [0.05, 0.1) is 13.0 Å². The molecule has 0 saturated heterocycles. The van der Waals surface area contributed by atoms with Crippen molar-refractivity contribution in [2.45, 2.75) is 13.0 Å². The molecule has 1 heterocycles. The summed E-state index contributed by atoms with van der Waals surface area (Å²) >= 11 is 1.61. The van der Waals surface area contributed by atoms with Crippen molar-refractivity contribution in [1.29, 1.82) is 0 Å². The van der Waals surface area contributed by atoms with Crippen LogP contribution in [0.25, 0.3) is 6.08 Å². The topological polar surface area (TPSA) is 46.5 Å². The molecule has 0 aliphatic carbocycles. The van der Waals surface area contributed by atoms with Crippen molar-refractivity contribution in [1.82, 2.24) is 0 Å². The number of aliphatic carboxylic acids is 1. The molecule has 76 valence electrons. The van der Waals surface area contributed by atoms with Crippen LogP contribution in [0.2, 0.25) is 0 Å². The normalized spacial score (nSPS) is 10.9. The molecule has 3 nitrogen and oxygen atoms in total. The van der Waals surface area contributed by atoms with E-state index < -0.39 is 5.97 Å². The Kier molecular flexibility index (Phi) is 4.35. The number of thiophene rings is 1. The van der Waals surface area contributed by atoms with Crippen molar-refractivity contribution in [3.63, 3.8) is 0 Å². The molecule has 0 amide bonds. The number of rotatable bonds is 5. The number of carboxylic acids is 1. The lowest BCUT2D eigenvalue weighted by Crippen LogP contribution is -1.89. The maximum absolute atomic E-state index is 10.2. The van der Waals surface area contributed by atoms with Gasteiger partial charge in [-0.1, -0.05) is 12.2 Å². The van der Waals surface area contributed by atoms with E-state index >= 15 is 0 Å². The predicted octanol–water partition coefficient (Wildman–Crippen LogP) is 2.38. The number of carbonyl (C=O) groups is 1. The van der Waals surface area contributed by atoms with E-state index in [4.69, 9.17) is 9.84 Å². The van der Waals surface area contributed by atoms with Crippen LogP contribution in [0.1, 0.15) is 16.9 Å². The Balaban J connectivity index is 2.50. The lowest BCUT2D eigenvalue weighted by Gasteiger charge is -1.90. The van der Waals surface area contributed by atoms with Crippen LogP contribution in [0.4, 0.5) is 0 Å². The van der Waals surface area contributed by atoms with Gasteiger partial charge in [-0.2, -0.15) is 0 Å². The highest BCUT2D eigenvalue weighted by Gasteiger charge is 1.96. The molecular weight excluding hydrogens is 200 g/mol. The largest absolute Gasteiger partial charge is 0.481 e. The first kappa shape index (κ1) is 10.9. The Bertz CT molecular complexity index is 328. The summed E-state index contributed by atoms with van der Waals surface area (Å²) in [7, 11) is 1.65.